The van der Waals surface area contributed by atoms with Crippen LogP contribution in [0.4, 0.5) is 34.1 Å². The van der Waals surface area contributed by atoms with Gasteiger partial charge < -0.3 is 14.5 Å². The molecule has 10 rings (SSSR count). The van der Waals surface area contributed by atoms with Gasteiger partial charge >= 0.3 is 0 Å². The van der Waals surface area contributed by atoms with E-state index in [-0.39, 0.29) is 0 Å². The van der Waals surface area contributed by atoms with Crippen molar-refractivity contribution in [3.8, 4) is 50.3 Å². The highest BCUT2D eigenvalue weighted by Gasteiger charge is 2.16. The molecule has 3 heteroatoms. The van der Waals surface area contributed by atoms with Crippen LogP contribution in [0, 0.1) is 0 Å². The van der Waals surface area contributed by atoms with Crippen molar-refractivity contribution in [1.82, 2.24) is 0 Å². The van der Waals surface area contributed by atoms with Crippen molar-refractivity contribution < 1.29 is 4.74 Å². The Hall–Kier alpha value is -8.14. The Morgan fingerprint density at radius 1 is 0.258 bits per heavy atom. The van der Waals surface area contributed by atoms with E-state index < -0.39 is 0 Å². The molecule has 3 nitrogen and oxygen atoms in total. The smallest absolute Gasteiger partial charge is 0.119 e. The molecule has 0 bridgehead atoms. The molecule has 0 N–H and O–H groups in total. The van der Waals surface area contributed by atoms with Crippen molar-refractivity contribution in [2.75, 3.05) is 16.9 Å². The number of hydrogen-bond acceptors (Lipinski definition) is 3. The van der Waals surface area contributed by atoms with Gasteiger partial charge in [-0.2, -0.15) is 0 Å². The number of nitrogens with zero attached hydrogens (tertiary/aromatic N) is 2. The molecule has 0 spiro atoms. The lowest BCUT2D eigenvalue weighted by atomic mass is 9.98. The summed E-state index contributed by atoms with van der Waals surface area (Å²) in [5.74, 6) is 0.825. The van der Waals surface area contributed by atoms with Gasteiger partial charge in [-0.3, -0.25) is 0 Å². The molecule has 0 saturated heterocycles. The zero-order chi connectivity index (χ0) is 41.7. The largest absolute Gasteiger partial charge is 0.497 e. The summed E-state index contributed by atoms with van der Waals surface area (Å²) in [6.07, 6.45) is 0. The summed E-state index contributed by atoms with van der Waals surface area (Å²) < 4.78 is 5.52. The molecule has 0 unspecified atom stereocenters. The molecule has 0 fully saturated rings. The Kier molecular flexibility index (Phi) is 10.6. The summed E-state index contributed by atoms with van der Waals surface area (Å²) in [5.41, 5.74) is 16.0. The highest BCUT2D eigenvalue weighted by atomic mass is 16.5. The first-order chi connectivity index (χ1) is 30.7. The van der Waals surface area contributed by atoms with E-state index in [1.807, 2.05) is 12.1 Å². The van der Waals surface area contributed by atoms with E-state index in [0.717, 1.165) is 51.0 Å². The summed E-state index contributed by atoms with van der Waals surface area (Å²) in [5, 5.41) is 2.49. The fraction of sp³-hybridized carbons (Fsp3) is 0.0169. The molecule has 0 radical (unpaired) electrons. The van der Waals surface area contributed by atoms with E-state index in [2.05, 4.69) is 246 Å². The predicted molar refractivity (Wildman–Crippen MR) is 262 cm³/mol. The van der Waals surface area contributed by atoms with Gasteiger partial charge in [0, 0.05) is 34.1 Å². The van der Waals surface area contributed by atoms with Gasteiger partial charge in [-0.1, -0.05) is 164 Å². The van der Waals surface area contributed by atoms with Crippen molar-refractivity contribution in [3.63, 3.8) is 0 Å². The number of anilines is 6. The van der Waals surface area contributed by atoms with E-state index in [9.17, 15) is 0 Å². The summed E-state index contributed by atoms with van der Waals surface area (Å²) in [6, 6.07) is 88.7. The van der Waals surface area contributed by atoms with Gasteiger partial charge in [0.1, 0.15) is 5.75 Å². The summed E-state index contributed by atoms with van der Waals surface area (Å²) in [7, 11) is 1.70. The van der Waals surface area contributed by atoms with Crippen LogP contribution in [-0.4, -0.2) is 7.11 Å². The first kappa shape index (κ1) is 38.1. The Bertz CT molecular complexity index is 2950. The molecule has 62 heavy (non-hydrogen) atoms. The van der Waals surface area contributed by atoms with Gasteiger partial charge in [0.15, 0.2) is 0 Å². The predicted octanol–water partition coefficient (Wildman–Crippen LogP) is 16.5. The van der Waals surface area contributed by atoms with Crippen molar-refractivity contribution in [2.24, 2.45) is 0 Å². The van der Waals surface area contributed by atoms with Crippen LogP contribution < -0.4 is 14.5 Å². The average molecular weight is 797 g/mol. The lowest BCUT2D eigenvalue weighted by Crippen LogP contribution is -2.10. The zero-order valence-electron chi connectivity index (χ0n) is 34.5. The summed E-state index contributed by atoms with van der Waals surface area (Å²) >= 11 is 0. The second-order valence-electron chi connectivity index (χ2n) is 15.4. The van der Waals surface area contributed by atoms with Crippen LogP contribution in [-0.2, 0) is 0 Å². The number of fused-ring (bicyclic) bond motifs is 1. The van der Waals surface area contributed by atoms with E-state index in [4.69, 9.17) is 4.74 Å². The molecule has 0 aliphatic carbocycles. The lowest BCUT2D eigenvalue weighted by molar-refractivity contribution is 0.415. The van der Waals surface area contributed by atoms with E-state index >= 15 is 0 Å². The van der Waals surface area contributed by atoms with Crippen LogP contribution in [0.1, 0.15) is 0 Å². The lowest BCUT2D eigenvalue weighted by Gasteiger charge is -2.27. The first-order valence-electron chi connectivity index (χ1n) is 21.0. The Balaban J connectivity index is 0.957. The number of hydrogen-bond donors (Lipinski definition) is 0. The van der Waals surface area contributed by atoms with Crippen molar-refractivity contribution in [3.05, 3.63) is 249 Å². The monoisotopic (exact) mass is 796 g/mol. The molecular weight excluding hydrogens is 753 g/mol. The van der Waals surface area contributed by atoms with Gasteiger partial charge in [-0.25, -0.2) is 0 Å². The standard InChI is InChI=1S/C59H44N2O/c1-62-57-41-39-56(40-42-57)61(55-37-27-50(28-38-55)59-18-10-16-49-15-8-9-17-58(49)59)54-35-25-48(26-36-54)47-23-33-53(34-24-47)60(51-29-19-45(20-30-51)43-11-4-2-5-12-43)52-31-21-46(22-32-52)44-13-6-3-7-14-44/h2-42H,1H3. The number of benzene rings is 10. The summed E-state index contributed by atoms with van der Waals surface area (Å²) in [4.78, 5) is 4.62. The number of methoxy groups -OCH3 is 1. The molecule has 0 aromatic heterocycles. The van der Waals surface area contributed by atoms with Crippen LogP contribution in [0.5, 0.6) is 5.75 Å². The molecule has 0 amide bonds. The molecule has 0 atom stereocenters. The van der Waals surface area contributed by atoms with Gasteiger partial charge in [-0.15, -0.1) is 0 Å². The topological polar surface area (TPSA) is 15.7 Å². The van der Waals surface area contributed by atoms with Crippen molar-refractivity contribution in [1.29, 1.82) is 0 Å². The third-order valence-corrected chi connectivity index (χ3v) is 11.6. The fourth-order valence-electron chi connectivity index (χ4n) is 8.37. The van der Waals surface area contributed by atoms with Gasteiger partial charge in [0.2, 0.25) is 0 Å². The quantitative estimate of drug-likeness (QED) is 0.130. The van der Waals surface area contributed by atoms with Crippen LogP contribution in [0.25, 0.3) is 55.3 Å². The molecule has 0 aliphatic heterocycles. The Morgan fingerprint density at radius 3 is 0.952 bits per heavy atom. The number of ether oxygens (including phenoxy) is 1. The molecule has 0 aliphatic rings. The second-order valence-corrected chi connectivity index (χ2v) is 15.4. The molecule has 10 aromatic carbocycles. The average Bonchev–Trinajstić information content (AvgIpc) is 3.36. The summed E-state index contributed by atoms with van der Waals surface area (Å²) in [6.45, 7) is 0. The maximum atomic E-state index is 5.52. The van der Waals surface area contributed by atoms with Gasteiger partial charge in [-0.05, 0) is 140 Å². The van der Waals surface area contributed by atoms with Crippen molar-refractivity contribution >= 4 is 44.9 Å². The van der Waals surface area contributed by atoms with Crippen molar-refractivity contribution in [2.45, 2.75) is 0 Å². The second kappa shape index (κ2) is 17.2. The zero-order valence-corrected chi connectivity index (χ0v) is 34.5. The van der Waals surface area contributed by atoms with E-state index in [0.29, 0.717) is 0 Å². The van der Waals surface area contributed by atoms with E-state index in [1.165, 1.54) is 44.2 Å². The van der Waals surface area contributed by atoms with Crippen LogP contribution in [0.3, 0.4) is 0 Å². The van der Waals surface area contributed by atoms with Crippen LogP contribution >= 0.6 is 0 Å². The third-order valence-electron chi connectivity index (χ3n) is 11.6. The molecule has 0 saturated carbocycles. The SMILES string of the molecule is COc1ccc(N(c2ccc(-c3ccc(N(c4ccc(-c5ccccc5)cc4)c4ccc(-c5ccccc5)cc4)cc3)cc2)c2ccc(-c3cccc4ccccc34)cc2)cc1. The molecule has 10 aromatic rings. The highest BCUT2D eigenvalue weighted by Crippen LogP contribution is 2.40. The fourth-order valence-corrected chi connectivity index (χ4v) is 8.37. The van der Waals surface area contributed by atoms with Crippen LogP contribution in [0.15, 0.2) is 249 Å². The van der Waals surface area contributed by atoms with Gasteiger partial charge in [0.25, 0.3) is 0 Å². The number of rotatable bonds is 11. The first-order valence-corrected chi connectivity index (χ1v) is 21.0. The minimum Gasteiger partial charge on any atom is -0.497 e. The van der Waals surface area contributed by atoms with E-state index in [1.54, 1.807) is 7.11 Å². The molecular formula is C59H44N2O. The van der Waals surface area contributed by atoms with Crippen LogP contribution in [0.2, 0.25) is 0 Å². The Labute approximate surface area is 364 Å². The third kappa shape index (κ3) is 7.83. The molecule has 0 heterocycles. The van der Waals surface area contributed by atoms with Gasteiger partial charge in [0.05, 0.1) is 7.11 Å². The normalized spacial score (nSPS) is 11.0. The Morgan fingerprint density at radius 2 is 0.565 bits per heavy atom. The highest BCUT2D eigenvalue weighted by molar-refractivity contribution is 5.97. The minimum absolute atomic E-state index is 0.825. The maximum absolute atomic E-state index is 5.52. The maximum Gasteiger partial charge on any atom is 0.119 e. The molecule has 296 valence electrons. The minimum atomic E-state index is 0.825.